The Morgan fingerprint density at radius 1 is 1.52 bits per heavy atom. The Balaban J connectivity index is 1.86. The molecule has 4 nitrogen and oxygen atoms in total. The molecule has 0 bridgehead atoms. The first kappa shape index (κ1) is 16.4. The Labute approximate surface area is 131 Å². The molecule has 118 valence electrons. The summed E-state index contributed by atoms with van der Waals surface area (Å²) in [6.07, 6.45) is 7.13. The van der Waals surface area contributed by atoms with Gasteiger partial charge in [0.2, 0.25) is 0 Å². The van der Waals surface area contributed by atoms with Crippen molar-refractivity contribution in [3.63, 3.8) is 0 Å². The van der Waals surface area contributed by atoms with Gasteiger partial charge in [-0.2, -0.15) is 0 Å². The Morgan fingerprint density at radius 3 is 2.90 bits per heavy atom. The molecule has 0 unspecified atom stereocenters. The SMILES string of the molecule is CC(C)[C@@H]1CC[C@@H](C)C[C@@H]1OC(=O)CSc1nccn1C. The lowest BCUT2D eigenvalue weighted by Crippen LogP contribution is -2.36. The molecule has 0 N–H and O–H groups in total. The number of imidazole rings is 1. The van der Waals surface area contributed by atoms with Gasteiger partial charge in [-0.05, 0) is 30.6 Å². The summed E-state index contributed by atoms with van der Waals surface area (Å²) in [5.74, 6) is 1.94. The zero-order valence-electron chi connectivity index (χ0n) is 13.4. The van der Waals surface area contributed by atoms with Gasteiger partial charge in [-0.3, -0.25) is 4.79 Å². The van der Waals surface area contributed by atoms with Gasteiger partial charge in [0.1, 0.15) is 6.10 Å². The highest BCUT2D eigenvalue weighted by Crippen LogP contribution is 2.35. The van der Waals surface area contributed by atoms with Crippen LogP contribution in [-0.4, -0.2) is 27.4 Å². The molecule has 1 heterocycles. The first-order chi connectivity index (χ1) is 9.97. The molecule has 3 atom stereocenters. The zero-order valence-corrected chi connectivity index (χ0v) is 14.2. The molecule has 1 aromatic heterocycles. The number of hydrogen-bond acceptors (Lipinski definition) is 4. The summed E-state index contributed by atoms with van der Waals surface area (Å²) in [7, 11) is 1.93. The van der Waals surface area contributed by atoms with Gasteiger partial charge >= 0.3 is 5.97 Å². The largest absolute Gasteiger partial charge is 0.461 e. The average molecular weight is 310 g/mol. The normalized spacial score (nSPS) is 26.0. The summed E-state index contributed by atoms with van der Waals surface area (Å²) >= 11 is 1.44. The van der Waals surface area contributed by atoms with Crippen molar-refractivity contribution in [1.82, 2.24) is 9.55 Å². The van der Waals surface area contributed by atoms with Crippen LogP contribution in [0.2, 0.25) is 0 Å². The van der Waals surface area contributed by atoms with Crippen molar-refractivity contribution in [3.8, 4) is 0 Å². The van der Waals surface area contributed by atoms with Crippen LogP contribution in [0, 0.1) is 17.8 Å². The lowest BCUT2D eigenvalue weighted by molar-refractivity contribution is -0.152. The van der Waals surface area contributed by atoms with E-state index >= 15 is 0 Å². The van der Waals surface area contributed by atoms with Crippen molar-refractivity contribution in [2.75, 3.05) is 5.75 Å². The molecule has 0 amide bonds. The standard InChI is InChI=1S/C16H26N2O2S/c1-11(2)13-6-5-12(3)9-14(13)20-15(19)10-21-16-17-7-8-18(16)4/h7-8,11-14H,5-6,9-10H2,1-4H3/t12-,13+,14+/m1/s1. The second-order valence-electron chi connectivity index (χ2n) is 6.46. The fourth-order valence-corrected chi connectivity index (χ4v) is 3.78. The fourth-order valence-electron chi connectivity index (χ4n) is 3.07. The summed E-state index contributed by atoms with van der Waals surface area (Å²) < 4.78 is 7.69. The summed E-state index contributed by atoms with van der Waals surface area (Å²) in [5.41, 5.74) is 0. The molecular weight excluding hydrogens is 284 g/mol. The Kier molecular flexibility index (Phi) is 5.73. The first-order valence-corrected chi connectivity index (χ1v) is 8.75. The molecule has 0 aromatic carbocycles. The highest BCUT2D eigenvalue weighted by molar-refractivity contribution is 7.99. The van der Waals surface area contributed by atoms with Gasteiger partial charge in [-0.1, -0.05) is 39.0 Å². The maximum Gasteiger partial charge on any atom is 0.316 e. The van der Waals surface area contributed by atoms with Gasteiger partial charge in [-0.25, -0.2) is 4.98 Å². The highest BCUT2D eigenvalue weighted by atomic mass is 32.2. The van der Waals surface area contributed by atoms with E-state index in [1.807, 2.05) is 17.8 Å². The van der Waals surface area contributed by atoms with E-state index in [2.05, 4.69) is 25.8 Å². The van der Waals surface area contributed by atoms with Gasteiger partial charge < -0.3 is 9.30 Å². The van der Waals surface area contributed by atoms with Crippen molar-refractivity contribution in [2.24, 2.45) is 24.8 Å². The zero-order chi connectivity index (χ0) is 15.4. The maximum atomic E-state index is 12.1. The molecule has 21 heavy (non-hydrogen) atoms. The van der Waals surface area contributed by atoms with Crippen molar-refractivity contribution in [2.45, 2.75) is 51.3 Å². The minimum Gasteiger partial charge on any atom is -0.461 e. The third-order valence-corrected chi connectivity index (χ3v) is 5.37. The molecule has 0 spiro atoms. The van der Waals surface area contributed by atoms with E-state index in [4.69, 9.17) is 4.74 Å². The third-order valence-electron chi connectivity index (χ3n) is 4.34. The van der Waals surface area contributed by atoms with E-state index < -0.39 is 0 Å². The number of esters is 1. The molecule has 1 fully saturated rings. The molecule has 1 aliphatic rings. The lowest BCUT2D eigenvalue weighted by Gasteiger charge is -2.36. The van der Waals surface area contributed by atoms with Crippen LogP contribution in [0.15, 0.2) is 17.6 Å². The first-order valence-electron chi connectivity index (χ1n) is 7.77. The molecule has 0 saturated heterocycles. The number of rotatable bonds is 5. The van der Waals surface area contributed by atoms with Crippen molar-refractivity contribution < 1.29 is 9.53 Å². The van der Waals surface area contributed by atoms with Crippen LogP contribution >= 0.6 is 11.8 Å². The minimum atomic E-state index is -0.118. The van der Waals surface area contributed by atoms with Gasteiger partial charge in [0.25, 0.3) is 0 Å². The number of nitrogens with zero attached hydrogens (tertiary/aromatic N) is 2. The van der Waals surface area contributed by atoms with Gasteiger partial charge in [-0.15, -0.1) is 0 Å². The van der Waals surface area contributed by atoms with Crippen LogP contribution in [0.1, 0.15) is 40.0 Å². The van der Waals surface area contributed by atoms with Crippen LogP contribution < -0.4 is 0 Å². The molecule has 5 heteroatoms. The Hall–Kier alpha value is -0.970. The van der Waals surface area contributed by atoms with Gasteiger partial charge in [0.15, 0.2) is 5.16 Å². The van der Waals surface area contributed by atoms with E-state index in [1.165, 1.54) is 24.6 Å². The second-order valence-corrected chi connectivity index (χ2v) is 7.41. The number of thioether (sulfide) groups is 1. The van der Waals surface area contributed by atoms with E-state index in [1.54, 1.807) is 6.20 Å². The number of hydrogen-bond donors (Lipinski definition) is 0. The smallest absolute Gasteiger partial charge is 0.316 e. The molecular formula is C16H26N2O2S. The fraction of sp³-hybridized carbons (Fsp3) is 0.750. The lowest BCUT2D eigenvalue weighted by atomic mass is 9.75. The summed E-state index contributed by atoms with van der Waals surface area (Å²) in [5, 5.41) is 0.851. The second kappa shape index (κ2) is 7.34. The third kappa shape index (κ3) is 4.50. The average Bonchev–Trinajstić information content (AvgIpc) is 2.81. The summed E-state index contributed by atoms with van der Waals surface area (Å²) in [6, 6.07) is 0. The number of carbonyl (C=O) groups excluding carboxylic acids is 1. The number of ether oxygens (including phenoxy) is 1. The molecule has 1 aromatic rings. The van der Waals surface area contributed by atoms with Crippen LogP contribution in [0.25, 0.3) is 0 Å². The van der Waals surface area contributed by atoms with Crippen molar-refractivity contribution in [3.05, 3.63) is 12.4 Å². The van der Waals surface area contributed by atoms with Crippen LogP contribution in [0.3, 0.4) is 0 Å². The molecule has 2 rings (SSSR count). The van der Waals surface area contributed by atoms with Crippen LogP contribution in [-0.2, 0) is 16.6 Å². The van der Waals surface area contributed by atoms with Crippen LogP contribution in [0.4, 0.5) is 0 Å². The predicted molar refractivity (Wildman–Crippen MR) is 85.2 cm³/mol. The Morgan fingerprint density at radius 2 is 2.29 bits per heavy atom. The number of aryl methyl sites for hydroxylation is 1. The molecule has 1 aliphatic carbocycles. The molecule has 0 radical (unpaired) electrons. The van der Waals surface area contributed by atoms with Crippen molar-refractivity contribution in [1.29, 1.82) is 0 Å². The van der Waals surface area contributed by atoms with Gasteiger partial charge in [0, 0.05) is 19.4 Å². The predicted octanol–water partition coefficient (Wildman–Crippen LogP) is 3.52. The maximum absolute atomic E-state index is 12.1. The van der Waals surface area contributed by atoms with E-state index in [0.29, 0.717) is 23.5 Å². The van der Waals surface area contributed by atoms with Crippen molar-refractivity contribution >= 4 is 17.7 Å². The van der Waals surface area contributed by atoms with Crippen LogP contribution in [0.5, 0.6) is 0 Å². The highest BCUT2D eigenvalue weighted by Gasteiger charge is 2.33. The Bertz CT molecular complexity index is 473. The van der Waals surface area contributed by atoms with E-state index in [-0.39, 0.29) is 12.1 Å². The summed E-state index contributed by atoms with van der Waals surface area (Å²) in [4.78, 5) is 16.3. The van der Waals surface area contributed by atoms with E-state index in [9.17, 15) is 4.79 Å². The van der Waals surface area contributed by atoms with E-state index in [0.717, 1.165) is 11.6 Å². The van der Waals surface area contributed by atoms with Gasteiger partial charge in [0.05, 0.1) is 5.75 Å². The summed E-state index contributed by atoms with van der Waals surface area (Å²) in [6.45, 7) is 6.70. The number of aromatic nitrogens is 2. The molecule has 0 aliphatic heterocycles. The quantitative estimate of drug-likeness (QED) is 0.616. The monoisotopic (exact) mass is 310 g/mol. The number of carbonyl (C=O) groups is 1. The topological polar surface area (TPSA) is 44.1 Å². The minimum absolute atomic E-state index is 0.0863. The molecule has 1 saturated carbocycles.